The summed E-state index contributed by atoms with van der Waals surface area (Å²) in [5, 5.41) is 3.97. The summed E-state index contributed by atoms with van der Waals surface area (Å²) in [6.07, 6.45) is 3.33. The summed E-state index contributed by atoms with van der Waals surface area (Å²) < 4.78 is 12.0. The molecule has 7 nitrogen and oxygen atoms in total. The molecule has 1 fully saturated rings. The summed E-state index contributed by atoms with van der Waals surface area (Å²) in [5.41, 5.74) is 7.09. The third-order valence-electron chi connectivity index (χ3n) is 4.28. The molecule has 1 aromatic carbocycles. The molecule has 0 aliphatic heterocycles. The van der Waals surface area contributed by atoms with Crippen LogP contribution >= 0.6 is 12.4 Å². The minimum absolute atomic E-state index is 0. The van der Waals surface area contributed by atoms with Gasteiger partial charge in [0.15, 0.2) is 11.4 Å². The lowest BCUT2D eigenvalue weighted by atomic mass is 9.77. The Morgan fingerprint density at radius 2 is 2.09 bits per heavy atom. The van der Waals surface area contributed by atoms with Crippen LogP contribution in [0, 0.1) is 0 Å². The molecule has 1 aliphatic carbocycles. The second-order valence-corrected chi connectivity index (χ2v) is 5.76. The second-order valence-electron chi connectivity index (χ2n) is 5.76. The molecular weight excluding hydrogens is 320 g/mol. The van der Waals surface area contributed by atoms with Crippen LogP contribution in [0.15, 0.2) is 38.0 Å². The predicted octanol–water partition coefficient (Wildman–Crippen LogP) is 1.98. The highest BCUT2D eigenvalue weighted by molar-refractivity contribution is 5.85. The maximum atomic E-state index is 11.9. The van der Waals surface area contributed by atoms with Crippen LogP contribution in [0.1, 0.15) is 31.0 Å². The highest BCUT2D eigenvalue weighted by atomic mass is 35.5. The van der Waals surface area contributed by atoms with Gasteiger partial charge in [-0.3, -0.25) is 4.57 Å². The lowest BCUT2D eigenvalue weighted by molar-refractivity contribution is 0.229. The van der Waals surface area contributed by atoms with Crippen molar-refractivity contribution in [1.29, 1.82) is 0 Å². The number of oxazole rings is 1. The van der Waals surface area contributed by atoms with E-state index in [0.29, 0.717) is 30.3 Å². The Bertz CT molecular complexity index is 878. The summed E-state index contributed by atoms with van der Waals surface area (Å²) >= 11 is 0. The van der Waals surface area contributed by atoms with E-state index >= 15 is 0 Å². The molecule has 2 N–H and O–H groups in total. The van der Waals surface area contributed by atoms with Gasteiger partial charge >= 0.3 is 5.76 Å². The van der Waals surface area contributed by atoms with Crippen LogP contribution in [0.25, 0.3) is 11.1 Å². The molecule has 1 saturated carbocycles. The van der Waals surface area contributed by atoms with Gasteiger partial charge in [-0.25, -0.2) is 4.79 Å². The van der Waals surface area contributed by atoms with Crippen molar-refractivity contribution in [3.05, 3.63) is 46.5 Å². The normalized spacial score (nSPS) is 16.0. The molecular formula is C15H17ClN4O3. The number of halogens is 1. The van der Waals surface area contributed by atoms with Crippen molar-refractivity contribution >= 4 is 23.5 Å². The van der Waals surface area contributed by atoms with Gasteiger partial charge in [0, 0.05) is 13.0 Å². The number of aromatic nitrogens is 3. The fraction of sp³-hybridized carbons (Fsp3) is 0.400. The highest BCUT2D eigenvalue weighted by Gasteiger charge is 2.38. The van der Waals surface area contributed by atoms with E-state index in [4.69, 9.17) is 14.7 Å². The molecule has 4 rings (SSSR count). The van der Waals surface area contributed by atoms with Crippen LogP contribution in [0.5, 0.6) is 0 Å². The Balaban J connectivity index is 0.00000156. The third kappa shape index (κ3) is 2.66. The number of fused-ring (bicyclic) bond motifs is 1. The Labute approximate surface area is 137 Å². The average Bonchev–Trinajstić information content (AvgIpc) is 3.07. The van der Waals surface area contributed by atoms with Gasteiger partial charge in [-0.05, 0) is 31.4 Å². The number of aryl methyl sites for hydroxylation is 2. The monoisotopic (exact) mass is 336 g/mol. The van der Waals surface area contributed by atoms with Crippen molar-refractivity contribution in [3.8, 4) is 0 Å². The van der Waals surface area contributed by atoms with Crippen LogP contribution in [0.2, 0.25) is 0 Å². The van der Waals surface area contributed by atoms with Gasteiger partial charge in [0.25, 0.3) is 0 Å². The van der Waals surface area contributed by atoms with Gasteiger partial charge in [-0.15, -0.1) is 12.4 Å². The highest BCUT2D eigenvalue weighted by Crippen LogP contribution is 2.36. The van der Waals surface area contributed by atoms with Crippen molar-refractivity contribution in [3.63, 3.8) is 0 Å². The number of nitrogens with zero attached hydrogens (tertiary/aromatic N) is 3. The summed E-state index contributed by atoms with van der Waals surface area (Å²) in [5.74, 6) is 0.678. The smallest absolute Gasteiger partial charge is 0.408 e. The van der Waals surface area contributed by atoms with E-state index in [1.165, 1.54) is 0 Å². The Morgan fingerprint density at radius 1 is 1.30 bits per heavy atom. The minimum Gasteiger partial charge on any atom is -0.408 e. The van der Waals surface area contributed by atoms with Crippen molar-refractivity contribution < 1.29 is 8.94 Å². The molecule has 23 heavy (non-hydrogen) atoms. The van der Waals surface area contributed by atoms with Crippen molar-refractivity contribution in [1.82, 2.24) is 14.7 Å². The van der Waals surface area contributed by atoms with E-state index in [1.54, 1.807) is 10.6 Å². The Hall–Kier alpha value is -2.12. The quantitative estimate of drug-likeness (QED) is 0.782. The minimum atomic E-state index is -0.430. The van der Waals surface area contributed by atoms with Crippen molar-refractivity contribution in [2.75, 3.05) is 0 Å². The van der Waals surface area contributed by atoms with Crippen LogP contribution in [-0.4, -0.2) is 14.7 Å². The van der Waals surface area contributed by atoms with Crippen molar-refractivity contribution in [2.45, 2.75) is 37.8 Å². The van der Waals surface area contributed by atoms with Gasteiger partial charge in [0.1, 0.15) is 0 Å². The van der Waals surface area contributed by atoms with Gasteiger partial charge in [-0.2, -0.15) is 4.98 Å². The van der Waals surface area contributed by atoms with Gasteiger partial charge in [-0.1, -0.05) is 17.3 Å². The first-order valence-electron chi connectivity index (χ1n) is 7.36. The van der Waals surface area contributed by atoms with Gasteiger partial charge in [0.05, 0.1) is 11.1 Å². The summed E-state index contributed by atoms with van der Waals surface area (Å²) in [6, 6.07) is 7.32. The number of hydrogen-bond donors (Lipinski definition) is 1. The molecule has 0 radical (unpaired) electrons. The topological polar surface area (TPSA) is 100 Å². The molecule has 0 bridgehead atoms. The number of benzene rings is 1. The summed E-state index contributed by atoms with van der Waals surface area (Å²) in [4.78, 5) is 16.3. The SMILES string of the molecule is Cl.NC1(c2noc(CCn3c(=O)oc4ccccc43)n2)CCC1. The lowest BCUT2D eigenvalue weighted by Crippen LogP contribution is -2.44. The Morgan fingerprint density at radius 3 is 2.83 bits per heavy atom. The molecule has 1 aliphatic rings. The summed E-state index contributed by atoms with van der Waals surface area (Å²) in [6.45, 7) is 0.426. The van der Waals surface area contributed by atoms with Crippen molar-refractivity contribution in [2.24, 2.45) is 5.73 Å². The molecule has 0 unspecified atom stereocenters. The number of rotatable bonds is 4. The first-order valence-corrected chi connectivity index (χ1v) is 7.36. The Kier molecular flexibility index (Phi) is 3.99. The van der Waals surface area contributed by atoms with E-state index in [-0.39, 0.29) is 18.2 Å². The zero-order chi connectivity index (χ0) is 15.2. The molecule has 8 heteroatoms. The maximum Gasteiger partial charge on any atom is 0.419 e. The number of para-hydroxylation sites is 2. The molecule has 0 saturated heterocycles. The van der Waals surface area contributed by atoms with Crippen LogP contribution < -0.4 is 11.5 Å². The van der Waals surface area contributed by atoms with Crippen LogP contribution in [0.3, 0.4) is 0 Å². The second kappa shape index (κ2) is 5.82. The predicted molar refractivity (Wildman–Crippen MR) is 85.4 cm³/mol. The fourth-order valence-electron chi connectivity index (χ4n) is 2.77. The number of nitrogens with two attached hydrogens (primary N) is 1. The molecule has 2 heterocycles. The zero-order valence-corrected chi connectivity index (χ0v) is 13.2. The van der Waals surface area contributed by atoms with Crippen LogP contribution in [-0.2, 0) is 18.5 Å². The fourth-order valence-corrected chi connectivity index (χ4v) is 2.77. The van der Waals surface area contributed by atoms with Crippen LogP contribution in [0.4, 0.5) is 0 Å². The molecule has 0 amide bonds. The zero-order valence-electron chi connectivity index (χ0n) is 12.4. The van der Waals surface area contributed by atoms with E-state index in [9.17, 15) is 4.79 Å². The lowest BCUT2D eigenvalue weighted by Gasteiger charge is -2.34. The molecule has 122 valence electrons. The van der Waals surface area contributed by atoms with E-state index < -0.39 is 5.54 Å². The molecule has 0 atom stereocenters. The molecule has 0 spiro atoms. The summed E-state index contributed by atoms with van der Waals surface area (Å²) in [7, 11) is 0. The van der Waals surface area contributed by atoms with E-state index in [0.717, 1.165) is 24.8 Å². The molecule has 2 aromatic heterocycles. The van der Waals surface area contributed by atoms with Gasteiger partial charge < -0.3 is 14.7 Å². The largest absolute Gasteiger partial charge is 0.419 e. The maximum absolute atomic E-state index is 11.9. The first-order chi connectivity index (χ1) is 10.7. The standard InChI is InChI=1S/C15H16N4O3.ClH/c16-15(7-3-8-15)13-17-12(22-18-13)6-9-19-10-4-1-2-5-11(10)21-14(19)20;/h1-2,4-5H,3,6-9,16H2;1H. The average molecular weight is 337 g/mol. The first kappa shape index (κ1) is 15.8. The van der Waals surface area contributed by atoms with E-state index in [2.05, 4.69) is 10.1 Å². The third-order valence-corrected chi connectivity index (χ3v) is 4.28. The number of hydrogen-bond acceptors (Lipinski definition) is 6. The van der Waals surface area contributed by atoms with Gasteiger partial charge in [0.2, 0.25) is 5.89 Å². The molecule has 3 aromatic rings. The van der Waals surface area contributed by atoms with E-state index in [1.807, 2.05) is 18.2 Å².